The van der Waals surface area contributed by atoms with Crippen LogP contribution in [0.1, 0.15) is 51.5 Å². The highest BCUT2D eigenvalue weighted by Crippen LogP contribution is 2.40. The van der Waals surface area contributed by atoms with Crippen LogP contribution in [0.15, 0.2) is 30.3 Å². The summed E-state index contributed by atoms with van der Waals surface area (Å²) in [6.07, 6.45) is 4.36. The van der Waals surface area contributed by atoms with Gasteiger partial charge in [0.2, 0.25) is 5.91 Å². The summed E-state index contributed by atoms with van der Waals surface area (Å²) in [7, 11) is 0. The van der Waals surface area contributed by atoms with Gasteiger partial charge in [0.25, 0.3) is 0 Å². The third-order valence-corrected chi connectivity index (χ3v) is 6.42. The van der Waals surface area contributed by atoms with Gasteiger partial charge in [-0.25, -0.2) is 4.79 Å². The molecule has 2 N–H and O–H groups in total. The van der Waals surface area contributed by atoms with Gasteiger partial charge in [-0.2, -0.15) is 0 Å². The molecule has 0 aromatic heterocycles. The van der Waals surface area contributed by atoms with E-state index in [2.05, 4.69) is 5.32 Å². The zero-order valence-electron chi connectivity index (χ0n) is 18.9. The van der Waals surface area contributed by atoms with Gasteiger partial charge in [0.05, 0.1) is 25.9 Å². The van der Waals surface area contributed by atoms with Crippen LogP contribution in [0.4, 0.5) is 0 Å². The number of fused-ring (bicyclic) bond motifs is 1. The molecule has 0 spiro atoms. The summed E-state index contributed by atoms with van der Waals surface area (Å²) in [6, 6.07) is 7.17. The summed E-state index contributed by atoms with van der Waals surface area (Å²) in [5.74, 6) is -1.51. The Kier molecular flexibility index (Phi) is 8.64. The van der Waals surface area contributed by atoms with E-state index in [1.165, 1.54) is 0 Å². The highest BCUT2D eigenvalue weighted by Gasteiger charge is 2.48. The summed E-state index contributed by atoms with van der Waals surface area (Å²) in [6.45, 7) is 3.98. The number of hydrogen-bond acceptors (Lipinski definition) is 6. The summed E-state index contributed by atoms with van der Waals surface area (Å²) in [4.78, 5) is 39.2. The number of nitrogens with zero attached hydrogens (tertiary/aromatic N) is 1. The number of esters is 1. The quantitative estimate of drug-likeness (QED) is 0.532. The van der Waals surface area contributed by atoms with Gasteiger partial charge in [0, 0.05) is 6.04 Å². The Balaban J connectivity index is 1.65. The van der Waals surface area contributed by atoms with E-state index in [1.807, 2.05) is 30.3 Å². The first-order valence-corrected chi connectivity index (χ1v) is 11.5. The molecule has 5 atom stereocenters. The average Bonchev–Trinajstić information content (AvgIpc) is 3.18. The maximum absolute atomic E-state index is 13.3. The number of likely N-dealkylation sites (tertiary alicyclic amines) is 1. The monoisotopic (exact) mass is 446 g/mol. The van der Waals surface area contributed by atoms with E-state index in [4.69, 9.17) is 9.47 Å². The van der Waals surface area contributed by atoms with Crippen molar-refractivity contribution in [1.29, 1.82) is 0 Å². The van der Waals surface area contributed by atoms with E-state index in [-0.39, 0.29) is 31.1 Å². The second kappa shape index (κ2) is 11.4. The third kappa shape index (κ3) is 5.86. The molecule has 1 aliphatic carbocycles. The second-order valence-corrected chi connectivity index (χ2v) is 8.64. The molecule has 1 aromatic carbocycles. The Morgan fingerprint density at radius 1 is 1.19 bits per heavy atom. The van der Waals surface area contributed by atoms with Gasteiger partial charge in [-0.15, -0.1) is 0 Å². The number of amides is 1. The fraction of sp³-hybridized carbons (Fsp3) is 0.625. The van der Waals surface area contributed by atoms with Crippen LogP contribution in [-0.4, -0.2) is 65.2 Å². The minimum Gasteiger partial charge on any atom is -0.480 e. The van der Waals surface area contributed by atoms with Crippen molar-refractivity contribution in [2.45, 2.75) is 76.7 Å². The van der Waals surface area contributed by atoms with Gasteiger partial charge in [0.15, 0.2) is 0 Å². The molecule has 2 aliphatic rings. The highest BCUT2D eigenvalue weighted by atomic mass is 16.5. The van der Waals surface area contributed by atoms with E-state index in [0.717, 1.165) is 31.2 Å². The lowest BCUT2D eigenvalue weighted by atomic mass is 9.84. The number of carboxylic acid groups (broad SMARTS) is 1. The molecule has 0 bridgehead atoms. The molecular weight excluding hydrogens is 412 g/mol. The second-order valence-electron chi connectivity index (χ2n) is 8.64. The van der Waals surface area contributed by atoms with Crippen LogP contribution in [0.2, 0.25) is 0 Å². The Labute approximate surface area is 189 Å². The fourth-order valence-corrected chi connectivity index (χ4v) is 4.89. The van der Waals surface area contributed by atoms with Crippen LogP contribution in [-0.2, 0) is 30.5 Å². The Bertz CT molecular complexity index is 786. The first-order valence-electron chi connectivity index (χ1n) is 11.5. The average molecular weight is 447 g/mol. The summed E-state index contributed by atoms with van der Waals surface area (Å²) >= 11 is 0. The third-order valence-electron chi connectivity index (χ3n) is 6.42. The molecule has 3 unspecified atom stereocenters. The zero-order valence-corrected chi connectivity index (χ0v) is 18.9. The number of carbonyl (C=O) groups excluding carboxylic acids is 2. The number of hydrogen-bond donors (Lipinski definition) is 2. The van der Waals surface area contributed by atoms with Gasteiger partial charge >= 0.3 is 11.9 Å². The van der Waals surface area contributed by atoms with Crippen molar-refractivity contribution in [3.05, 3.63) is 35.9 Å². The number of rotatable bonds is 10. The van der Waals surface area contributed by atoms with Gasteiger partial charge in [-0.3, -0.25) is 14.9 Å². The lowest BCUT2D eigenvalue weighted by molar-refractivity contribution is -0.152. The molecule has 1 saturated carbocycles. The van der Waals surface area contributed by atoms with Gasteiger partial charge in [0.1, 0.15) is 12.1 Å². The highest BCUT2D eigenvalue weighted by molar-refractivity contribution is 5.88. The van der Waals surface area contributed by atoms with Gasteiger partial charge in [-0.1, -0.05) is 43.2 Å². The number of carbonyl (C=O) groups is 3. The SMILES string of the molecule is CCOC(=O)[C@H](COCc1ccccc1)NC(C)C(=O)N1C2CCCCC2C[C@H]1C(=O)O. The lowest BCUT2D eigenvalue weighted by Gasteiger charge is -2.35. The van der Waals surface area contributed by atoms with Crippen LogP contribution in [0.25, 0.3) is 0 Å². The Morgan fingerprint density at radius 2 is 1.91 bits per heavy atom. The van der Waals surface area contributed by atoms with E-state index >= 15 is 0 Å². The molecule has 8 heteroatoms. The molecule has 1 amide bonds. The van der Waals surface area contributed by atoms with Crippen molar-refractivity contribution in [2.24, 2.45) is 5.92 Å². The predicted octanol–water partition coefficient (Wildman–Crippen LogP) is 2.36. The maximum atomic E-state index is 13.3. The lowest BCUT2D eigenvalue weighted by Crippen LogP contribution is -2.56. The van der Waals surface area contributed by atoms with Gasteiger partial charge in [-0.05, 0) is 44.6 Å². The molecule has 32 heavy (non-hydrogen) atoms. The van der Waals surface area contributed by atoms with E-state index in [0.29, 0.717) is 13.0 Å². The molecule has 1 saturated heterocycles. The van der Waals surface area contributed by atoms with E-state index in [9.17, 15) is 19.5 Å². The molecule has 0 radical (unpaired) electrons. The van der Waals surface area contributed by atoms with Crippen molar-refractivity contribution in [2.75, 3.05) is 13.2 Å². The summed E-state index contributed by atoms with van der Waals surface area (Å²) in [5, 5.41) is 12.8. The molecule has 176 valence electrons. The maximum Gasteiger partial charge on any atom is 0.326 e. The molecule has 1 heterocycles. The standard InChI is InChI=1S/C24H34N2O6/c1-3-32-24(30)19(15-31-14-17-9-5-4-6-10-17)25-16(2)22(27)26-20-12-8-7-11-18(20)13-21(26)23(28)29/h4-6,9-10,16,18-21,25H,3,7-8,11-15H2,1-2H3,(H,28,29)/t16?,18?,19-,20?,21-/m0/s1. The van der Waals surface area contributed by atoms with E-state index in [1.54, 1.807) is 18.7 Å². The molecule has 1 aromatic rings. The molecular formula is C24H34N2O6. The van der Waals surface area contributed by atoms with Crippen molar-refractivity contribution >= 4 is 17.8 Å². The van der Waals surface area contributed by atoms with Crippen LogP contribution in [0.3, 0.4) is 0 Å². The molecule has 8 nitrogen and oxygen atoms in total. The summed E-state index contributed by atoms with van der Waals surface area (Å²) in [5.41, 5.74) is 0.976. The normalized spacial score (nSPS) is 24.4. The van der Waals surface area contributed by atoms with Crippen molar-refractivity contribution in [1.82, 2.24) is 10.2 Å². The number of nitrogens with one attached hydrogen (secondary N) is 1. The van der Waals surface area contributed by atoms with Crippen molar-refractivity contribution < 1.29 is 29.0 Å². The van der Waals surface area contributed by atoms with Crippen LogP contribution in [0, 0.1) is 5.92 Å². The molecule has 2 fully saturated rings. The van der Waals surface area contributed by atoms with Crippen LogP contribution < -0.4 is 5.32 Å². The first-order chi connectivity index (χ1) is 15.4. The largest absolute Gasteiger partial charge is 0.480 e. The fourth-order valence-electron chi connectivity index (χ4n) is 4.89. The minimum atomic E-state index is -0.965. The number of aliphatic carboxylic acids is 1. The zero-order chi connectivity index (χ0) is 23.1. The number of carboxylic acids is 1. The van der Waals surface area contributed by atoms with Crippen LogP contribution in [0.5, 0.6) is 0 Å². The molecule has 3 rings (SSSR count). The van der Waals surface area contributed by atoms with E-state index < -0.39 is 30.1 Å². The van der Waals surface area contributed by atoms with Crippen molar-refractivity contribution in [3.8, 4) is 0 Å². The predicted molar refractivity (Wildman–Crippen MR) is 118 cm³/mol. The molecule has 1 aliphatic heterocycles. The topological polar surface area (TPSA) is 105 Å². The summed E-state index contributed by atoms with van der Waals surface area (Å²) < 4.78 is 10.9. The van der Waals surface area contributed by atoms with Crippen LogP contribution >= 0.6 is 0 Å². The van der Waals surface area contributed by atoms with Crippen molar-refractivity contribution in [3.63, 3.8) is 0 Å². The number of benzene rings is 1. The minimum absolute atomic E-state index is 0.0414. The number of ether oxygens (including phenoxy) is 2. The Morgan fingerprint density at radius 3 is 2.59 bits per heavy atom. The first kappa shape index (κ1) is 24.2. The smallest absolute Gasteiger partial charge is 0.326 e. The Hall–Kier alpha value is -2.45. The van der Waals surface area contributed by atoms with Gasteiger partial charge < -0.3 is 19.5 Å².